The fourth-order valence-electron chi connectivity index (χ4n) is 1.60. The van der Waals surface area contributed by atoms with Crippen LogP contribution in [0.1, 0.15) is 0 Å². The van der Waals surface area contributed by atoms with Gasteiger partial charge in [-0.15, -0.1) is 0 Å². The van der Waals surface area contributed by atoms with E-state index in [1.54, 1.807) is 0 Å². The van der Waals surface area contributed by atoms with E-state index in [1.807, 2.05) is 24.3 Å². The summed E-state index contributed by atoms with van der Waals surface area (Å²) in [6.45, 7) is 3.85. The van der Waals surface area contributed by atoms with Gasteiger partial charge < -0.3 is 4.48 Å². The molecular weight excluding hydrogens is 173 g/mol. The molecule has 0 atom stereocenters. The normalized spacial score (nSPS) is 12.1. The van der Waals surface area contributed by atoms with E-state index in [9.17, 15) is 4.79 Å². The van der Waals surface area contributed by atoms with Crippen LogP contribution in [0.25, 0.3) is 23.4 Å². The third-order valence-corrected chi connectivity index (χ3v) is 2.29. The molecule has 1 aromatic heterocycles. The monoisotopic (exact) mass is 181 g/mol. The molecule has 1 aromatic carbocycles. The summed E-state index contributed by atoms with van der Waals surface area (Å²) in [6.07, 6.45) is 2.17. The van der Waals surface area contributed by atoms with Gasteiger partial charge in [0.25, 0.3) is 0 Å². The lowest BCUT2D eigenvalue weighted by atomic mass is 10.2. The Balaban J connectivity index is 3.11. The van der Waals surface area contributed by atoms with E-state index in [0.29, 0.717) is 10.7 Å². The molecule has 0 spiro atoms. The molecule has 2 nitrogen and oxygen atoms in total. The van der Waals surface area contributed by atoms with Gasteiger partial charge in [0, 0.05) is 27.5 Å². The first-order chi connectivity index (χ1) is 6.75. The Hall–Kier alpha value is -1.77. The smallest absolute Gasteiger partial charge is 0.234 e. The van der Waals surface area contributed by atoms with Gasteiger partial charge in [0.1, 0.15) is 6.29 Å². The van der Waals surface area contributed by atoms with Crippen molar-refractivity contribution >= 4 is 37.7 Å². The van der Waals surface area contributed by atoms with Crippen molar-refractivity contribution in [3.63, 3.8) is 0 Å². The lowest BCUT2D eigenvalue weighted by Crippen LogP contribution is -2.24. The number of carbonyl (C=O) groups is 1. The quantitative estimate of drug-likeness (QED) is 0.447. The number of hydrogen-bond donors (Lipinski definition) is 0. The summed E-state index contributed by atoms with van der Waals surface area (Å²) in [6, 6.07) is 7.68. The Kier molecular flexibility index (Phi) is 2.00. The molecule has 14 heavy (non-hydrogen) atoms. The van der Waals surface area contributed by atoms with Crippen LogP contribution in [0, 0.1) is 0 Å². The Morgan fingerprint density at radius 1 is 1.29 bits per heavy atom. The third kappa shape index (κ3) is 1.09. The second-order valence-corrected chi connectivity index (χ2v) is 3.05. The molecule has 0 amide bonds. The molecule has 0 aliphatic carbocycles. The molecule has 2 radical (unpaired) electrons. The van der Waals surface area contributed by atoms with Crippen molar-refractivity contribution in [1.82, 2.24) is 4.48 Å². The molecular formula is C11H8BNO. The fourth-order valence-corrected chi connectivity index (χ4v) is 1.60. The largest absolute Gasteiger partial charge is 0.397 e. The average molecular weight is 181 g/mol. The van der Waals surface area contributed by atoms with Crippen molar-refractivity contribution in [3.8, 4) is 0 Å². The molecule has 2 rings (SSSR count). The number of aldehydes is 1. The zero-order valence-electron chi connectivity index (χ0n) is 7.60. The molecule has 0 unspecified atom stereocenters. The summed E-state index contributed by atoms with van der Waals surface area (Å²) < 4.78 is 1.43. The summed E-state index contributed by atoms with van der Waals surface area (Å²) >= 11 is 0. The van der Waals surface area contributed by atoms with Crippen LogP contribution in [0.5, 0.6) is 0 Å². The maximum absolute atomic E-state index is 10.4. The maximum atomic E-state index is 10.4. The molecule has 3 heteroatoms. The third-order valence-electron chi connectivity index (χ3n) is 2.29. The number of fused-ring (bicyclic) bond motifs is 1. The predicted molar refractivity (Wildman–Crippen MR) is 58.4 cm³/mol. The zero-order valence-corrected chi connectivity index (χ0v) is 7.60. The van der Waals surface area contributed by atoms with Gasteiger partial charge in [-0.2, -0.15) is 0 Å². The van der Waals surface area contributed by atoms with Gasteiger partial charge in [-0.25, -0.2) is 0 Å². The summed E-state index contributed by atoms with van der Waals surface area (Å²) in [4.78, 5) is 10.4. The van der Waals surface area contributed by atoms with Crippen LogP contribution in [0.3, 0.4) is 0 Å². The highest BCUT2D eigenvalue weighted by atomic mass is 16.1. The van der Waals surface area contributed by atoms with E-state index >= 15 is 0 Å². The van der Waals surface area contributed by atoms with Gasteiger partial charge >= 0.3 is 0 Å². The van der Waals surface area contributed by atoms with Gasteiger partial charge in [-0.05, 0) is 0 Å². The van der Waals surface area contributed by atoms with Crippen LogP contribution >= 0.6 is 0 Å². The van der Waals surface area contributed by atoms with E-state index in [0.717, 1.165) is 17.1 Å². The predicted octanol–water partition coefficient (Wildman–Crippen LogP) is -0.0374. The number of carbonyl (C=O) groups excluding carboxylic acids is 1. The van der Waals surface area contributed by atoms with Crippen LogP contribution in [0.15, 0.2) is 24.3 Å². The van der Waals surface area contributed by atoms with E-state index in [4.69, 9.17) is 7.98 Å². The Morgan fingerprint density at radius 2 is 1.93 bits per heavy atom. The minimum Gasteiger partial charge on any atom is -0.397 e. The highest BCUT2D eigenvalue weighted by Gasteiger charge is 2.00. The SMILES string of the molecule is [B]n1c(=C)c2ccccc2/c1=C/C=O. The molecule has 2 aromatic rings. The van der Waals surface area contributed by atoms with E-state index in [-0.39, 0.29) is 0 Å². The van der Waals surface area contributed by atoms with E-state index in [2.05, 4.69) is 6.58 Å². The second-order valence-electron chi connectivity index (χ2n) is 3.05. The molecule has 0 saturated carbocycles. The number of rotatable bonds is 1. The van der Waals surface area contributed by atoms with E-state index in [1.165, 1.54) is 10.6 Å². The molecule has 66 valence electrons. The zero-order chi connectivity index (χ0) is 10.1. The van der Waals surface area contributed by atoms with Gasteiger partial charge in [-0.3, -0.25) is 4.79 Å². The molecule has 0 fully saturated rings. The van der Waals surface area contributed by atoms with Gasteiger partial charge in [0.05, 0.1) is 0 Å². The first-order valence-corrected chi connectivity index (χ1v) is 4.24. The minimum absolute atomic E-state index is 0.695. The summed E-state index contributed by atoms with van der Waals surface area (Å²) in [7, 11) is 5.77. The Morgan fingerprint density at radius 3 is 2.57 bits per heavy atom. The molecule has 0 aliphatic heterocycles. The molecule has 0 aliphatic rings. The first kappa shape index (κ1) is 8.82. The van der Waals surface area contributed by atoms with Crippen molar-refractivity contribution in [1.29, 1.82) is 0 Å². The number of benzene rings is 1. The van der Waals surface area contributed by atoms with E-state index < -0.39 is 0 Å². The number of aromatic nitrogens is 1. The van der Waals surface area contributed by atoms with Crippen molar-refractivity contribution in [2.45, 2.75) is 0 Å². The fraction of sp³-hybridized carbons (Fsp3) is 0. The molecule has 0 bridgehead atoms. The highest BCUT2D eigenvalue weighted by molar-refractivity contribution is 6.09. The molecule has 1 heterocycles. The van der Waals surface area contributed by atoms with Crippen LogP contribution in [-0.2, 0) is 4.79 Å². The lowest BCUT2D eigenvalue weighted by Gasteiger charge is -1.89. The summed E-state index contributed by atoms with van der Waals surface area (Å²) in [5.41, 5.74) is 0. The standard InChI is InChI=1S/C11H8BNO/c1-8-9-4-2-3-5-10(9)11(6-7-14)13(8)12/h2-7H,1H2/b11-6-. The average Bonchev–Trinajstić information content (AvgIpc) is 2.45. The van der Waals surface area contributed by atoms with Gasteiger partial charge in [0.15, 0.2) is 0 Å². The molecule has 0 saturated heterocycles. The lowest BCUT2D eigenvalue weighted by molar-refractivity contribution is -0.103. The Labute approximate surface area is 82.6 Å². The van der Waals surface area contributed by atoms with Crippen LogP contribution < -0.4 is 10.7 Å². The minimum atomic E-state index is 0.695. The number of hydrogen-bond acceptors (Lipinski definition) is 1. The van der Waals surface area contributed by atoms with Gasteiger partial charge in [-0.1, -0.05) is 30.8 Å². The summed E-state index contributed by atoms with van der Waals surface area (Å²) in [5, 5.41) is 3.34. The van der Waals surface area contributed by atoms with Gasteiger partial charge in [0.2, 0.25) is 7.98 Å². The number of nitrogens with zero attached hydrogens (tertiary/aromatic N) is 1. The topological polar surface area (TPSA) is 22.0 Å². The summed E-state index contributed by atoms with van der Waals surface area (Å²) in [5.74, 6) is 0. The second kappa shape index (κ2) is 3.18. The van der Waals surface area contributed by atoms with Crippen LogP contribution in [-0.4, -0.2) is 18.7 Å². The van der Waals surface area contributed by atoms with Crippen LogP contribution in [0.4, 0.5) is 0 Å². The van der Waals surface area contributed by atoms with Crippen molar-refractivity contribution in [2.24, 2.45) is 0 Å². The van der Waals surface area contributed by atoms with Crippen molar-refractivity contribution < 1.29 is 4.79 Å². The Bertz CT molecular complexity index is 598. The van der Waals surface area contributed by atoms with Crippen LogP contribution in [0.2, 0.25) is 0 Å². The maximum Gasteiger partial charge on any atom is 0.234 e. The first-order valence-electron chi connectivity index (χ1n) is 4.24. The molecule has 0 N–H and O–H groups in total. The highest BCUT2D eigenvalue weighted by Crippen LogP contribution is 2.03. The van der Waals surface area contributed by atoms with Crippen molar-refractivity contribution in [3.05, 3.63) is 35.0 Å². The van der Waals surface area contributed by atoms with Crippen molar-refractivity contribution in [2.75, 3.05) is 0 Å².